The maximum Gasteiger partial charge on any atom is 0.159 e. The Morgan fingerprint density at radius 2 is 1.00 bits per heavy atom. The summed E-state index contributed by atoms with van der Waals surface area (Å²) in [5.74, 6) is 0. The molecule has 1 aliphatic carbocycles. The molecule has 0 atom stereocenters. The lowest BCUT2D eigenvalue weighted by Gasteiger charge is -2.25. The van der Waals surface area contributed by atoms with Gasteiger partial charge in [0.05, 0.1) is 5.69 Å². The summed E-state index contributed by atoms with van der Waals surface area (Å²) in [5.41, 5.74) is 14.7. The van der Waals surface area contributed by atoms with Crippen LogP contribution >= 0.6 is 0 Å². The number of benzene rings is 8. The Labute approximate surface area is 297 Å². The molecule has 0 fully saturated rings. The molecule has 242 valence electrons. The van der Waals surface area contributed by atoms with Crippen LogP contribution in [0.25, 0.3) is 66.1 Å². The minimum atomic E-state index is -0.202. The van der Waals surface area contributed by atoms with Crippen molar-refractivity contribution in [1.82, 2.24) is 0 Å². The molecule has 0 N–H and O–H groups in total. The van der Waals surface area contributed by atoms with E-state index in [1.165, 1.54) is 60.7 Å². The third-order valence-electron chi connectivity index (χ3n) is 10.8. The Balaban J connectivity index is 1.26. The Hall–Kier alpha value is -6.38. The molecule has 9 aromatic rings. The van der Waals surface area contributed by atoms with Crippen LogP contribution in [0, 0.1) is 0 Å². The SMILES string of the molecule is CC1(C)c2ccc(-c3ccccc3)cc2-c2c1c1ccccc1c1c2oc2c(N(c3ccccc3)c3ccc(-c4ccccc4)cc3)cccc21. The molecule has 1 aromatic heterocycles. The normalized spacial score (nSPS) is 13.1. The molecule has 0 aliphatic heterocycles. The van der Waals surface area contributed by atoms with E-state index in [1.54, 1.807) is 0 Å². The number of hydrogen-bond donors (Lipinski definition) is 0. The average Bonchev–Trinajstić information content (AvgIpc) is 3.69. The van der Waals surface area contributed by atoms with Gasteiger partial charge < -0.3 is 9.32 Å². The van der Waals surface area contributed by atoms with Crippen molar-refractivity contribution in [1.29, 1.82) is 0 Å². The van der Waals surface area contributed by atoms with Gasteiger partial charge in [-0.25, -0.2) is 0 Å². The standard InChI is InChI=1S/C49H35NO/c1-49(2)42-30-27-35(33-17-8-4-9-18-33)31-41(42)45-46(49)39-22-13-12-21-38(39)44-40-23-14-24-43(47(40)51-48(44)45)50(36-19-10-5-11-20-36)37-28-25-34(26-29-37)32-15-6-3-7-16-32/h3-31H,1-2H3. The van der Waals surface area contributed by atoms with E-state index in [0.717, 1.165) is 33.6 Å². The molecule has 8 aromatic carbocycles. The molecule has 0 unspecified atom stereocenters. The van der Waals surface area contributed by atoms with Gasteiger partial charge in [-0.3, -0.25) is 0 Å². The highest BCUT2D eigenvalue weighted by Gasteiger charge is 2.40. The maximum atomic E-state index is 7.31. The van der Waals surface area contributed by atoms with Crippen LogP contribution in [0.15, 0.2) is 180 Å². The fraction of sp³-hybridized carbons (Fsp3) is 0.0612. The average molecular weight is 654 g/mol. The van der Waals surface area contributed by atoms with E-state index in [9.17, 15) is 0 Å². The van der Waals surface area contributed by atoms with Gasteiger partial charge in [-0.05, 0) is 86.1 Å². The molecule has 0 amide bonds. The molecule has 0 radical (unpaired) electrons. The van der Waals surface area contributed by atoms with Crippen molar-refractivity contribution in [2.24, 2.45) is 0 Å². The number of nitrogens with zero attached hydrogens (tertiary/aromatic N) is 1. The molecule has 2 heteroatoms. The van der Waals surface area contributed by atoms with Gasteiger partial charge in [-0.2, -0.15) is 0 Å². The zero-order valence-electron chi connectivity index (χ0n) is 28.6. The minimum Gasteiger partial charge on any atom is -0.453 e. The van der Waals surface area contributed by atoms with Crippen molar-refractivity contribution < 1.29 is 4.42 Å². The number of fused-ring (bicyclic) bond motifs is 10. The van der Waals surface area contributed by atoms with Gasteiger partial charge in [0.25, 0.3) is 0 Å². The minimum absolute atomic E-state index is 0.202. The second kappa shape index (κ2) is 11.3. The Bertz CT molecular complexity index is 2740. The summed E-state index contributed by atoms with van der Waals surface area (Å²) in [4.78, 5) is 2.33. The van der Waals surface area contributed by atoms with Crippen molar-refractivity contribution in [3.05, 3.63) is 187 Å². The predicted octanol–water partition coefficient (Wildman–Crippen LogP) is 13.8. The first-order valence-electron chi connectivity index (χ1n) is 17.7. The molecule has 10 rings (SSSR count). The fourth-order valence-corrected chi connectivity index (χ4v) is 8.48. The van der Waals surface area contributed by atoms with Gasteiger partial charge in [-0.1, -0.05) is 153 Å². The van der Waals surface area contributed by atoms with E-state index in [4.69, 9.17) is 4.42 Å². The summed E-state index contributed by atoms with van der Waals surface area (Å²) in [5, 5.41) is 4.80. The summed E-state index contributed by atoms with van der Waals surface area (Å²) in [6.45, 7) is 4.73. The summed E-state index contributed by atoms with van der Waals surface area (Å²) < 4.78 is 7.31. The number of hydrogen-bond acceptors (Lipinski definition) is 2. The molecular formula is C49H35NO. The molecule has 1 aliphatic rings. The van der Waals surface area contributed by atoms with E-state index in [0.29, 0.717) is 0 Å². The molecular weight excluding hydrogens is 619 g/mol. The van der Waals surface area contributed by atoms with Crippen molar-refractivity contribution in [3.8, 4) is 33.4 Å². The van der Waals surface area contributed by atoms with Crippen LogP contribution in [0.4, 0.5) is 17.1 Å². The first-order valence-corrected chi connectivity index (χ1v) is 17.7. The summed E-state index contributed by atoms with van der Waals surface area (Å²) in [6.07, 6.45) is 0. The van der Waals surface area contributed by atoms with Gasteiger partial charge in [0.15, 0.2) is 5.58 Å². The smallest absolute Gasteiger partial charge is 0.159 e. The summed E-state index contributed by atoms with van der Waals surface area (Å²) in [7, 11) is 0. The van der Waals surface area contributed by atoms with Gasteiger partial charge in [0, 0.05) is 33.1 Å². The molecule has 0 saturated carbocycles. The quantitative estimate of drug-likeness (QED) is 0.184. The van der Waals surface area contributed by atoms with Gasteiger partial charge in [-0.15, -0.1) is 0 Å². The van der Waals surface area contributed by atoms with Gasteiger partial charge >= 0.3 is 0 Å². The highest BCUT2D eigenvalue weighted by molar-refractivity contribution is 6.26. The topological polar surface area (TPSA) is 16.4 Å². The molecule has 0 bridgehead atoms. The maximum absolute atomic E-state index is 7.31. The zero-order chi connectivity index (χ0) is 34.1. The first-order chi connectivity index (χ1) is 25.1. The lowest BCUT2D eigenvalue weighted by Crippen LogP contribution is -2.15. The predicted molar refractivity (Wildman–Crippen MR) is 214 cm³/mol. The second-order valence-corrected chi connectivity index (χ2v) is 14.1. The van der Waals surface area contributed by atoms with E-state index in [2.05, 4.69) is 195 Å². The van der Waals surface area contributed by atoms with Crippen LogP contribution in [0.2, 0.25) is 0 Å². The van der Waals surface area contributed by atoms with Crippen molar-refractivity contribution in [2.75, 3.05) is 4.90 Å². The van der Waals surface area contributed by atoms with Crippen molar-refractivity contribution in [2.45, 2.75) is 19.3 Å². The number of furan rings is 1. The Morgan fingerprint density at radius 3 is 1.71 bits per heavy atom. The monoisotopic (exact) mass is 653 g/mol. The van der Waals surface area contributed by atoms with E-state index < -0.39 is 0 Å². The number of anilines is 3. The van der Waals surface area contributed by atoms with Crippen LogP contribution in [-0.4, -0.2) is 0 Å². The van der Waals surface area contributed by atoms with Crippen LogP contribution in [0.3, 0.4) is 0 Å². The Morgan fingerprint density at radius 1 is 0.451 bits per heavy atom. The number of para-hydroxylation sites is 2. The largest absolute Gasteiger partial charge is 0.453 e. The molecule has 2 nitrogen and oxygen atoms in total. The summed E-state index contributed by atoms with van der Waals surface area (Å²) >= 11 is 0. The first kappa shape index (κ1) is 29.5. The van der Waals surface area contributed by atoms with E-state index >= 15 is 0 Å². The van der Waals surface area contributed by atoms with Gasteiger partial charge in [0.2, 0.25) is 0 Å². The molecule has 0 saturated heterocycles. The van der Waals surface area contributed by atoms with Crippen LogP contribution < -0.4 is 4.90 Å². The van der Waals surface area contributed by atoms with Crippen molar-refractivity contribution >= 4 is 49.8 Å². The third-order valence-corrected chi connectivity index (χ3v) is 10.8. The fourth-order valence-electron chi connectivity index (χ4n) is 8.48. The Kier molecular flexibility index (Phi) is 6.56. The van der Waals surface area contributed by atoms with Crippen molar-refractivity contribution in [3.63, 3.8) is 0 Å². The van der Waals surface area contributed by atoms with Crippen LogP contribution in [0.1, 0.15) is 25.0 Å². The highest BCUT2D eigenvalue weighted by atomic mass is 16.3. The van der Waals surface area contributed by atoms with E-state index in [-0.39, 0.29) is 5.41 Å². The highest BCUT2D eigenvalue weighted by Crippen LogP contribution is 2.57. The lowest BCUT2D eigenvalue weighted by atomic mass is 9.79. The molecule has 1 heterocycles. The third kappa shape index (κ3) is 4.50. The molecule has 0 spiro atoms. The lowest BCUT2D eigenvalue weighted by molar-refractivity contribution is 0.658. The second-order valence-electron chi connectivity index (χ2n) is 14.1. The van der Waals surface area contributed by atoms with Crippen LogP contribution in [-0.2, 0) is 5.41 Å². The van der Waals surface area contributed by atoms with E-state index in [1.807, 2.05) is 0 Å². The number of rotatable bonds is 5. The van der Waals surface area contributed by atoms with Gasteiger partial charge in [0.1, 0.15) is 5.58 Å². The molecule has 51 heavy (non-hydrogen) atoms. The summed E-state index contributed by atoms with van der Waals surface area (Å²) in [6, 6.07) is 63.2. The zero-order valence-corrected chi connectivity index (χ0v) is 28.6. The van der Waals surface area contributed by atoms with Crippen LogP contribution in [0.5, 0.6) is 0 Å².